The first-order valence-corrected chi connectivity index (χ1v) is 8.57. The van der Waals surface area contributed by atoms with E-state index < -0.39 is 17.6 Å². The molecule has 0 bridgehead atoms. The number of carbonyl (C=O) groups excluding carboxylic acids is 3. The summed E-state index contributed by atoms with van der Waals surface area (Å²) >= 11 is 0. The Kier molecular flexibility index (Phi) is 6.17. The summed E-state index contributed by atoms with van der Waals surface area (Å²) in [5, 5.41) is 2.46. The van der Waals surface area contributed by atoms with Gasteiger partial charge < -0.3 is 15.0 Å². The molecule has 2 amide bonds. The van der Waals surface area contributed by atoms with E-state index in [2.05, 4.69) is 5.32 Å². The average Bonchev–Trinajstić information content (AvgIpc) is 3.06. The van der Waals surface area contributed by atoms with E-state index >= 15 is 0 Å². The Labute approximate surface area is 148 Å². The Morgan fingerprint density at radius 3 is 2.52 bits per heavy atom. The van der Waals surface area contributed by atoms with E-state index in [1.54, 1.807) is 4.90 Å². The third-order valence-corrected chi connectivity index (χ3v) is 4.21. The van der Waals surface area contributed by atoms with Gasteiger partial charge in [0.25, 0.3) is 0 Å². The summed E-state index contributed by atoms with van der Waals surface area (Å²) in [4.78, 5) is 38.2. The van der Waals surface area contributed by atoms with Gasteiger partial charge in [0.2, 0.25) is 5.91 Å². The molecule has 136 valence electrons. The lowest BCUT2D eigenvalue weighted by Crippen LogP contribution is -2.48. The number of alkyl carbamates (subject to hydrolysis) is 1. The monoisotopic (exact) mass is 346 g/mol. The van der Waals surface area contributed by atoms with E-state index in [0.717, 1.165) is 12.0 Å². The number of amides is 2. The fourth-order valence-electron chi connectivity index (χ4n) is 2.86. The van der Waals surface area contributed by atoms with Crippen molar-refractivity contribution in [3.05, 3.63) is 35.9 Å². The maximum atomic E-state index is 12.5. The summed E-state index contributed by atoms with van der Waals surface area (Å²) in [6, 6.07) is 8.92. The van der Waals surface area contributed by atoms with Crippen molar-refractivity contribution < 1.29 is 19.1 Å². The minimum atomic E-state index is -0.643. The van der Waals surface area contributed by atoms with Gasteiger partial charge >= 0.3 is 6.09 Å². The van der Waals surface area contributed by atoms with Gasteiger partial charge in [-0.25, -0.2) is 4.79 Å². The molecule has 1 aromatic rings. The van der Waals surface area contributed by atoms with Crippen molar-refractivity contribution in [1.82, 2.24) is 10.2 Å². The lowest BCUT2D eigenvalue weighted by atomic mass is 9.85. The fourth-order valence-corrected chi connectivity index (χ4v) is 2.86. The molecule has 1 aromatic carbocycles. The van der Waals surface area contributed by atoms with Gasteiger partial charge in [0.15, 0.2) is 5.78 Å². The predicted octanol–water partition coefficient (Wildman–Crippen LogP) is 2.52. The van der Waals surface area contributed by atoms with E-state index in [1.807, 2.05) is 51.1 Å². The molecule has 1 N–H and O–H groups in total. The van der Waals surface area contributed by atoms with Crippen LogP contribution >= 0.6 is 0 Å². The minimum absolute atomic E-state index is 0.0602. The summed E-state index contributed by atoms with van der Waals surface area (Å²) in [7, 11) is 0. The lowest BCUT2D eigenvalue weighted by Gasteiger charge is -2.29. The predicted molar refractivity (Wildman–Crippen MR) is 93.8 cm³/mol. The van der Waals surface area contributed by atoms with Gasteiger partial charge in [-0.15, -0.1) is 0 Å². The number of hydrogen-bond donors (Lipinski definition) is 1. The molecule has 0 saturated carbocycles. The van der Waals surface area contributed by atoms with Crippen molar-refractivity contribution in [2.45, 2.75) is 46.3 Å². The molecule has 1 fully saturated rings. The van der Waals surface area contributed by atoms with Crippen LogP contribution in [-0.4, -0.2) is 41.8 Å². The van der Waals surface area contributed by atoms with Crippen LogP contribution in [0.4, 0.5) is 4.79 Å². The topological polar surface area (TPSA) is 75.7 Å². The second-order valence-corrected chi connectivity index (χ2v) is 7.27. The van der Waals surface area contributed by atoms with Crippen molar-refractivity contribution in [2.75, 3.05) is 13.1 Å². The first kappa shape index (κ1) is 19.0. The molecular weight excluding hydrogens is 320 g/mol. The summed E-state index contributed by atoms with van der Waals surface area (Å²) in [5.74, 6) is -0.193. The molecule has 2 rings (SSSR count). The summed E-state index contributed by atoms with van der Waals surface area (Å²) in [6.45, 7) is 6.10. The van der Waals surface area contributed by atoms with Crippen molar-refractivity contribution in [3.8, 4) is 0 Å². The number of nitrogens with zero attached hydrogens (tertiary/aromatic N) is 1. The molecule has 1 aliphatic rings. The van der Waals surface area contributed by atoms with Gasteiger partial charge in [-0.1, -0.05) is 51.1 Å². The van der Waals surface area contributed by atoms with Crippen LogP contribution in [0.25, 0.3) is 0 Å². The van der Waals surface area contributed by atoms with Crippen LogP contribution in [0.15, 0.2) is 30.3 Å². The normalized spacial score (nSPS) is 17.2. The summed E-state index contributed by atoms with van der Waals surface area (Å²) in [6.07, 6.45) is 0.840. The molecule has 6 heteroatoms. The second-order valence-electron chi connectivity index (χ2n) is 7.27. The number of ketones is 1. The van der Waals surface area contributed by atoms with Crippen molar-refractivity contribution in [2.24, 2.45) is 5.41 Å². The van der Waals surface area contributed by atoms with Gasteiger partial charge in [-0.2, -0.15) is 0 Å². The molecule has 0 aromatic heterocycles. The van der Waals surface area contributed by atoms with Gasteiger partial charge in [0, 0.05) is 12.0 Å². The number of hydrogen-bond acceptors (Lipinski definition) is 4. The van der Waals surface area contributed by atoms with Crippen molar-refractivity contribution in [3.63, 3.8) is 0 Å². The smallest absolute Gasteiger partial charge is 0.407 e. The molecule has 0 aliphatic carbocycles. The van der Waals surface area contributed by atoms with E-state index in [9.17, 15) is 14.4 Å². The maximum absolute atomic E-state index is 12.5. The number of rotatable bonds is 5. The SMILES string of the molecule is CC(C)(C)C(=O)C1CCCN1C(=O)CNC(=O)OCc1ccccc1. The zero-order valence-electron chi connectivity index (χ0n) is 15.1. The number of likely N-dealkylation sites (tertiary alicyclic amines) is 1. The molecule has 1 saturated heterocycles. The van der Waals surface area contributed by atoms with Crippen LogP contribution in [0.2, 0.25) is 0 Å². The largest absolute Gasteiger partial charge is 0.445 e. The quantitative estimate of drug-likeness (QED) is 0.889. The number of carbonyl (C=O) groups is 3. The zero-order valence-corrected chi connectivity index (χ0v) is 15.1. The van der Waals surface area contributed by atoms with E-state index in [1.165, 1.54) is 0 Å². The Hall–Kier alpha value is -2.37. The highest BCUT2D eigenvalue weighted by molar-refractivity contribution is 5.93. The molecule has 1 aliphatic heterocycles. The molecule has 25 heavy (non-hydrogen) atoms. The van der Waals surface area contributed by atoms with Crippen molar-refractivity contribution in [1.29, 1.82) is 0 Å². The van der Waals surface area contributed by atoms with Crippen LogP contribution in [0.5, 0.6) is 0 Å². The van der Waals surface area contributed by atoms with Gasteiger partial charge in [0.05, 0.1) is 6.04 Å². The van der Waals surface area contributed by atoms with Crippen LogP contribution in [-0.2, 0) is 20.9 Å². The van der Waals surface area contributed by atoms with Gasteiger partial charge in [0.1, 0.15) is 13.2 Å². The highest BCUT2D eigenvalue weighted by atomic mass is 16.5. The third kappa shape index (κ3) is 5.31. The first-order valence-electron chi connectivity index (χ1n) is 8.57. The average molecular weight is 346 g/mol. The Morgan fingerprint density at radius 1 is 1.20 bits per heavy atom. The summed E-state index contributed by atoms with van der Waals surface area (Å²) < 4.78 is 5.08. The Bertz CT molecular complexity index is 622. The van der Waals surface area contributed by atoms with E-state index in [0.29, 0.717) is 13.0 Å². The number of ether oxygens (including phenoxy) is 1. The van der Waals surface area contributed by atoms with Crippen LogP contribution < -0.4 is 5.32 Å². The molecule has 0 radical (unpaired) electrons. The van der Waals surface area contributed by atoms with Gasteiger partial charge in [-0.3, -0.25) is 9.59 Å². The Morgan fingerprint density at radius 2 is 1.88 bits per heavy atom. The first-order chi connectivity index (χ1) is 11.8. The summed E-state index contributed by atoms with van der Waals surface area (Å²) in [5.41, 5.74) is 0.384. The maximum Gasteiger partial charge on any atom is 0.407 e. The number of Topliss-reactive ketones (excluding diaryl/α,β-unsaturated/α-hetero) is 1. The fraction of sp³-hybridized carbons (Fsp3) is 0.526. The molecule has 1 atom stereocenters. The van der Waals surface area contributed by atoms with E-state index in [4.69, 9.17) is 4.74 Å². The van der Waals surface area contributed by atoms with Crippen molar-refractivity contribution >= 4 is 17.8 Å². The molecule has 1 unspecified atom stereocenters. The molecule has 1 heterocycles. The number of nitrogens with one attached hydrogen (secondary N) is 1. The number of benzene rings is 1. The van der Waals surface area contributed by atoms with Crippen LogP contribution in [0, 0.1) is 5.41 Å². The highest BCUT2D eigenvalue weighted by Crippen LogP contribution is 2.26. The Balaban J connectivity index is 1.81. The standard InChI is InChI=1S/C19H26N2O4/c1-19(2,3)17(23)15-10-7-11-21(15)16(22)12-20-18(24)25-13-14-8-5-4-6-9-14/h4-6,8-9,15H,7,10-13H2,1-3H3,(H,20,24). The highest BCUT2D eigenvalue weighted by Gasteiger charge is 2.38. The van der Waals surface area contributed by atoms with Crippen LogP contribution in [0.1, 0.15) is 39.2 Å². The minimum Gasteiger partial charge on any atom is -0.445 e. The molecule has 0 spiro atoms. The third-order valence-electron chi connectivity index (χ3n) is 4.21. The second kappa shape index (κ2) is 8.14. The molecule has 6 nitrogen and oxygen atoms in total. The van der Waals surface area contributed by atoms with Crippen LogP contribution in [0.3, 0.4) is 0 Å². The van der Waals surface area contributed by atoms with Gasteiger partial charge in [-0.05, 0) is 18.4 Å². The molecular formula is C19H26N2O4. The lowest BCUT2D eigenvalue weighted by molar-refractivity contribution is -0.140. The zero-order chi connectivity index (χ0) is 18.4. The van der Waals surface area contributed by atoms with E-state index in [-0.39, 0.29) is 24.8 Å².